The van der Waals surface area contributed by atoms with Gasteiger partial charge in [0.25, 0.3) is 5.91 Å². The second-order valence-electron chi connectivity index (χ2n) is 7.76. The number of hydrogen-bond acceptors (Lipinski definition) is 3. The van der Waals surface area contributed by atoms with Crippen molar-refractivity contribution in [2.45, 2.75) is 19.3 Å². The predicted octanol–water partition coefficient (Wildman–Crippen LogP) is 5.08. The highest BCUT2D eigenvalue weighted by molar-refractivity contribution is 6.08. The maximum atomic E-state index is 13.9. The molecule has 158 valence electrons. The summed E-state index contributed by atoms with van der Waals surface area (Å²) in [5.41, 5.74) is 3.34. The van der Waals surface area contributed by atoms with Gasteiger partial charge in [0.2, 0.25) is 0 Å². The first-order valence-electron chi connectivity index (χ1n) is 10.2. The molecule has 1 aliphatic rings. The van der Waals surface area contributed by atoms with Gasteiger partial charge >= 0.3 is 5.97 Å². The van der Waals surface area contributed by atoms with Crippen molar-refractivity contribution >= 4 is 23.3 Å². The molecule has 0 aliphatic carbocycles. The Morgan fingerprint density at radius 2 is 1.77 bits per heavy atom. The lowest BCUT2D eigenvalue weighted by Gasteiger charge is -2.21. The van der Waals surface area contributed by atoms with E-state index in [1.54, 1.807) is 24.3 Å². The number of aryl methyl sites for hydroxylation is 1. The van der Waals surface area contributed by atoms with Crippen LogP contribution in [0.4, 0.5) is 15.8 Å². The molecular formula is C25H23FN2O3. The minimum absolute atomic E-state index is 0.0264. The van der Waals surface area contributed by atoms with Crippen LogP contribution < -0.4 is 10.2 Å². The van der Waals surface area contributed by atoms with E-state index in [2.05, 4.69) is 29.3 Å². The average molecular weight is 418 g/mol. The zero-order chi connectivity index (χ0) is 22.0. The number of halogens is 1. The SMILES string of the molecule is Cc1ccccc1[C@H]1CCN(c2ccc(NC(=O)c3ccccc3F)c(C(=O)O)c2)C1. The van der Waals surface area contributed by atoms with Gasteiger partial charge < -0.3 is 15.3 Å². The summed E-state index contributed by atoms with van der Waals surface area (Å²) in [6.45, 7) is 3.72. The number of amides is 1. The minimum atomic E-state index is -1.15. The van der Waals surface area contributed by atoms with E-state index in [1.807, 2.05) is 12.1 Å². The zero-order valence-electron chi connectivity index (χ0n) is 17.1. The van der Waals surface area contributed by atoms with E-state index in [-0.39, 0.29) is 16.8 Å². The Hall–Kier alpha value is -3.67. The molecule has 1 aliphatic heterocycles. The topological polar surface area (TPSA) is 69.6 Å². The number of carbonyl (C=O) groups excluding carboxylic acids is 1. The third kappa shape index (κ3) is 4.28. The number of nitrogens with one attached hydrogen (secondary N) is 1. The highest BCUT2D eigenvalue weighted by Gasteiger charge is 2.26. The van der Waals surface area contributed by atoms with Crippen LogP contribution in [0.2, 0.25) is 0 Å². The largest absolute Gasteiger partial charge is 0.478 e. The Bertz CT molecular complexity index is 1150. The molecule has 3 aromatic rings. The highest BCUT2D eigenvalue weighted by atomic mass is 19.1. The van der Waals surface area contributed by atoms with E-state index in [9.17, 15) is 19.1 Å². The van der Waals surface area contributed by atoms with Gasteiger partial charge in [0.1, 0.15) is 5.82 Å². The van der Waals surface area contributed by atoms with Gasteiger partial charge in [-0.1, -0.05) is 36.4 Å². The quantitative estimate of drug-likeness (QED) is 0.606. The lowest BCUT2D eigenvalue weighted by atomic mass is 9.94. The number of rotatable bonds is 5. The number of benzene rings is 3. The molecule has 1 fully saturated rings. The van der Waals surface area contributed by atoms with E-state index in [0.717, 1.165) is 25.2 Å². The van der Waals surface area contributed by atoms with Crippen molar-refractivity contribution in [2.75, 3.05) is 23.3 Å². The van der Waals surface area contributed by atoms with Gasteiger partial charge in [-0.25, -0.2) is 9.18 Å². The van der Waals surface area contributed by atoms with Crippen LogP contribution in [-0.4, -0.2) is 30.1 Å². The van der Waals surface area contributed by atoms with Crippen molar-refractivity contribution in [3.05, 3.63) is 94.8 Å². The fourth-order valence-corrected chi connectivity index (χ4v) is 4.14. The lowest BCUT2D eigenvalue weighted by molar-refractivity contribution is 0.0698. The van der Waals surface area contributed by atoms with E-state index >= 15 is 0 Å². The van der Waals surface area contributed by atoms with Gasteiger partial charge in [0.15, 0.2) is 0 Å². The summed E-state index contributed by atoms with van der Waals surface area (Å²) < 4.78 is 13.9. The van der Waals surface area contributed by atoms with Crippen LogP contribution in [0.15, 0.2) is 66.7 Å². The summed E-state index contributed by atoms with van der Waals surface area (Å²) in [5, 5.41) is 12.2. The van der Waals surface area contributed by atoms with Crippen molar-refractivity contribution in [3.8, 4) is 0 Å². The third-order valence-electron chi connectivity index (χ3n) is 5.78. The molecule has 3 aromatic carbocycles. The van der Waals surface area contributed by atoms with E-state index in [0.29, 0.717) is 5.92 Å². The van der Waals surface area contributed by atoms with Gasteiger partial charge in [-0.05, 0) is 54.8 Å². The summed E-state index contributed by atoms with van der Waals surface area (Å²) in [5.74, 6) is -2.11. The molecule has 0 saturated carbocycles. The Morgan fingerprint density at radius 1 is 1.03 bits per heavy atom. The second kappa shape index (κ2) is 8.60. The number of anilines is 2. The van der Waals surface area contributed by atoms with Crippen molar-refractivity contribution in [2.24, 2.45) is 0 Å². The standard InChI is InChI=1S/C25H23FN2O3/c1-16-6-2-3-7-19(16)17-12-13-28(15-17)18-10-11-23(21(14-18)25(30)31)27-24(29)20-8-4-5-9-22(20)26/h2-11,14,17H,12-13,15H2,1H3,(H,27,29)(H,30,31)/t17-/m0/s1. The first kappa shape index (κ1) is 20.6. The van der Waals surface area contributed by atoms with Gasteiger partial charge in [0.05, 0.1) is 16.8 Å². The minimum Gasteiger partial charge on any atom is -0.478 e. The van der Waals surface area contributed by atoms with Crippen LogP contribution >= 0.6 is 0 Å². The fraction of sp³-hybridized carbons (Fsp3) is 0.200. The number of carbonyl (C=O) groups is 2. The second-order valence-corrected chi connectivity index (χ2v) is 7.76. The molecule has 0 unspecified atom stereocenters. The molecule has 1 atom stereocenters. The van der Waals surface area contributed by atoms with Crippen LogP contribution in [0.1, 0.15) is 44.2 Å². The number of carboxylic acid groups (broad SMARTS) is 1. The molecule has 1 amide bonds. The van der Waals surface area contributed by atoms with Crippen molar-refractivity contribution in [1.29, 1.82) is 0 Å². The monoisotopic (exact) mass is 418 g/mol. The molecule has 1 saturated heterocycles. The Balaban J connectivity index is 1.55. The maximum Gasteiger partial charge on any atom is 0.337 e. The molecule has 0 bridgehead atoms. The van der Waals surface area contributed by atoms with Crippen LogP contribution in [0, 0.1) is 12.7 Å². The van der Waals surface area contributed by atoms with Crippen molar-refractivity contribution in [1.82, 2.24) is 0 Å². The van der Waals surface area contributed by atoms with E-state index in [4.69, 9.17) is 0 Å². The van der Waals surface area contributed by atoms with Crippen LogP contribution in [0.25, 0.3) is 0 Å². The summed E-state index contributed by atoms with van der Waals surface area (Å²) in [6.07, 6.45) is 0.985. The number of nitrogens with zero attached hydrogens (tertiary/aromatic N) is 1. The molecule has 2 N–H and O–H groups in total. The summed E-state index contributed by atoms with van der Waals surface area (Å²) in [4.78, 5) is 26.4. The van der Waals surface area contributed by atoms with Gasteiger partial charge in [-0.2, -0.15) is 0 Å². The molecule has 0 radical (unpaired) electrons. The summed E-state index contributed by atoms with van der Waals surface area (Å²) in [7, 11) is 0. The first-order valence-corrected chi connectivity index (χ1v) is 10.2. The first-order chi connectivity index (χ1) is 14.9. The number of carboxylic acids is 1. The Morgan fingerprint density at radius 3 is 2.52 bits per heavy atom. The number of aromatic carboxylic acids is 1. The molecular weight excluding hydrogens is 395 g/mol. The van der Waals surface area contributed by atoms with Crippen molar-refractivity contribution in [3.63, 3.8) is 0 Å². The Labute approximate surface area is 180 Å². The fourth-order valence-electron chi connectivity index (χ4n) is 4.14. The molecule has 6 heteroatoms. The smallest absolute Gasteiger partial charge is 0.337 e. The maximum absolute atomic E-state index is 13.9. The Kier molecular flexibility index (Phi) is 5.71. The highest BCUT2D eigenvalue weighted by Crippen LogP contribution is 2.34. The van der Waals surface area contributed by atoms with Crippen LogP contribution in [-0.2, 0) is 0 Å². The lowest BCUT2D eigenvalue weighted by Crippen LogP contribution is -2.21. The van der Waals surface area contributed by atoms with E-state index < -0.39 is 17.7 Å². The summed E-state index contributed by atoms with van der Waals surface area (Å²) in [6, 6.07) is 18.8. The van der Waals surface area contributed by atoms with Gasteiger partial charge in [0, 0.05) is 24.7 Å². The normalized spacial score (nSPS) is 15.7. The van der Waals surface area contributed by atoms with E-state index in [1.165, 1.54) is 29.3 Å². The molecule has 5 nitrogen and oxygen atoms in total. The predicted molar refractivity (Wildman–Crippen MR) is 119 cm³/mol. The average Bonchev–Trinajstić information content (AvgIpc) is 3.24. The van der Waals surface area contributed by atoms with Crippen molar-refractivity contribution < 1.29 is 19.1 Å². The van der Waals surface area contributed by atoms with Gasteiger partial charge in [-0.3, -0.25) is 4.79 Å². The third-order valence-corrected chi connectivity index (χ3v) is 5.78. The van der Waals surface area contributed by atoms with Crippen LogP contribution in [0.5, 0.6) is 0 Å². The molecule has 31 heavy (non-hydrogen) atoms. The number of hydrogen-bond donors (Lipinski definition) is 2. The molecule has 4 rings (SSSR count). The van der Waals surface area contributed by atoms with Gasteiger partial charge in [-0.15, -0.1) is 0 Å². The van der Waals surface area contributed by atoms with Crippen LogP contribution in [0.3, 0.4) is 0 Å². The molecule has 0 aromatic heterocycles. The zero-order valence-corrected chi connectivity index (χ0v) is 17.1. The molecule has 1 heterocycles. The summed E-state index contributed by atoms with van der Waals surface area (Å²) >= 11 is 0. The molecule has 0 spiro atoms.